The van der Waals surface area contributed by atoms with Crippen molar-refractivity contribution in [2.75, 3.05) is 17.2 Å². The average Bonchev–Trinajstić information content (AvgIpc) is 3.49. The van der Waals surface area contributed by atoms with Gasteiger partial charge in [0.25, 0.3) is 0 Å². The van der Waals surface area contributed by atoms with Crippen molar-refractivity contribution in [2.45, 2.75) is 51.4 Å². The molecule has 0 saturated heterocycles. The van der Waals surface area contributed by atoms with E-state index in [9.17, 15) is 18.4 Å². The fraction of sp³-hybridized carbons (Fsp3) is 0.367. The van der Waals surface area contributed by atoms with Gasteiger partial charge in [0.15, 0.2) is 5.54 Å². The van der Waals surface area contributed by atoms with Gasteiger partial charge in [-0.05, 0) is 36.5 Å². The van der Waals surface area contributed by atoms with Crippen LogP contribution in [0.2, 0.25) is 5.02 Å². The fourth-order valence-electron chi connectivity index (χ4n) is 5.36. The molecular formula is C30H31ClF3N9. The molecule has 0 amide bonds. The number of nitriles is 1. The molecule has 2 aliphatic rings. The summed E-state index contributed by atoms with van der Waals surface area (Å²) >= 11 is 6.74. The summed E-state index contributed by atoms with van der Waals surface area (Å²) in [4.78, 5) is 9.04. The third-order valence-corrected chi connectivity index (χ3v) is 8.15. The standard InChI is InChI=1S/C30H31ClF3N9/c1-28(2,3)15-37-24-17(12-35)13-36-25-20(24)10-18(11-21(25)31)39-26(19-6-5-7-23-27(19)38-16-42(23)4)22-14-43(41-40-22)29(8-9-29)30(32,33)34/h5-7,10-11,13-14,16,26,39-41H,8-9,15H2,1-4H3,(H,36,37)/t26-/m0/s1. The molecule has 2 aromatic carbocycles. The second-order valence-electron chi connectivity index (χ2n) is 12.3. The molecule has 4 aromatic rings. The molecule has 0 radical (unpaired) electrons. The van der Waals surface area contributed by atoms with E-state index in [-0.39, 0.29) is 18.3 Å². The molecule has 0 bridgehead atoms. The molecule has 224 valence electrons. The number of hydrogen-bond donors (Lipinski definition) is 4. The molecule has 2 aromatic heterocycles. The Balaban J connectivity index is 1.46. The number of aryl methyl sites for hydroxylation is 1. The molecule has 0 unspecified atom stereocenters. The van der Waals surface area contributed by atoms with Gasteiger partial charge in [0.1, 0.15) is 6.07 Å². The molecule has 1 fully saturated rings. The molecule has 1 atom stereocenters. The number of pyridine rings is 1. The second kappa shape index (κ2) is 10.2. The number of nitrogens with zero attached hydrogens (tertiary/aromatic N) is 5. The van der Waals surface area contributed by atoms with Crippen LogP contribution in [0.1, 0.15) is 50.8 Å². The molecular weight excluding hydrogens is 579 g/mol. The maximum absolute atomic E-state index is 14.0. The van der Waals surface area contributed by atoms with E-state index >= 15 is 0 Å². The van der Waals surface area contributed by atoms with Gasteiger partial charge in [-0.1, -0.05) is 44.5 Å². The van der Waals surface area contributed by atoms with Gasteiger partial charge in [0.05, 0.1) is 50.9 Å². The number of alkyl halides is 3. The lowest BCUT2D eigenvalue weighted by Gasteiger charge is -2.28. The van der Waals surface area contributed by atoms with Gasteiger partial charge < -0.3 is 20.6 Å². The van der Waals surface area contributed by atoms with Crippen LogP contribution >= 0.6 is 11.6 Å². The average molecular weight is 610 g/mol. The molecule has 13 heteroatoms. The minimum Gasteiger partial charge on any atom is -0.383 e. The Bertz CT molecular complexity index is 1800. The Hall–Kier alpha value is -4.21. The third-order valence-electron chi connectivity index (χ3n) is 7.86. The Morgan fingerprint density at radius 2 is 1.93 bits per heavy atom. The van der Waals surface area contributed by atoms with Crippen molar-refractivity contribution in [3.05, 3.63) is 70.9 Å². The molecule has 1 aliphatic heterocycles. The van der Waals surface area contributed by atoms with E-state index in [2.05, 4.69) is 58.4 Å². The summed E-state index contributed by atoms with van der Waals surface area (Å²) in [5, 5.41) is 18.9. The Morgan fingerprint density at radius 3 is 2.60 bits per heavy atom. The third kappa shape index (κ3) is 5.17. The van der Waals surface area contributed by atoms with Crippen molar-refractivity contribution in [3.8, 4) is 6.07 Å². The van der Waals surface area contributed by atoms with Crippen LogP contribution in [0.25, 0.3) is 21.9 Å². The number of nitrogens with one attached hydrogen (secondary N) is 4. The van der Waals surface area contributed by atoms with Crippen molar-refractivity contribution >= 4 is 44.9 Å². The van der Waals surface area contributed by atoms with Gasteiger partial charge in [0.2, 0.25) is 0 Å². The van der Waals surface area contributed by atoms with E-state index in [0.717, 1.165) is 16.1 Å². The summed E-state index contributed by atoms with van der Waals surface area (Å²) in [6.07, 6.45) is 0.270. The highest BCUT2D eigenvalue weighted by Crippen LogP contribution is 2.54. The molecule has 1 saturated carbocycles. The predicted octanol–water partition coefficient (Wildman–Crippen LogP) is 6.52. The van der Waals surface area contributed by atoms with E-state index in [1.807, 2.05) is 35.9 Å². The number of hydrogen-bond acceptors (Lipinski definition) is 8. The predicted molar refractivity (Wildman–Crippen MR) is 161 cm³/mol. The van der Waals surface area contributed by atoms with Crippen LogP contribution in [0, 0.1) is 16.7 Å². The zero-order valence-electron chi connectivity index (χ0n) is 24.1. The van der Waals surface area contributed by atoms with Crippen LogP contribution in [0.15, 0.2) is 54.8 Å². The summed E-state index contributed by atoms with van der Waals surface area (Å²) in [7, 11) is 1.88. The first-order valence-electron chi connectivity index (χ1n) is 13.8. The molecule has 6 rings (SSSR count). The van der Waals surface area contributed by atoms with Crippen molar-refractivity contribution in [1.82, 2.24) is 30.5 Å². The van der Waals surface area contributed by atoms with Crippen LogP contribution in [0.4, 0.5) is 24.5 Å². The minimum absolute atomic E-state index is 0.00172. The second-order valence-corrected chi connectivity index (χ2v) is 12.7. The van der Waals surface area contributed by atoms with Crippen LogP contribution < -0.4 is 21.6 Å². The molecule has 9 nitrogen and oxygen atoms in total. The molecule has 43 heavy (non-hydrogen) atoms. The van der Waals surface area contributed by atoms with Crippen molar-refractivity contribution < 1.29 is 13.2 Å². The van der Waals surface area contributed by atoms with E-state index in [4.69, 9.17) is 11.6 Å². The number of fused-ring (bicyclic) bond motifs is 2. The smallest absolute Gasteiger partial charge is 0.383 e. The number of halogens is 4. The van der Waals surface area contributed by atoms with Gasteiger partial charge in [-0.2, -0.15) is 18.4 Å². The van der Waals surface area contributed by atoms with Gasteiger partial charge in [-0.25, -0.2) is 4.98 Å². The minimum atomic E-state index is -4.40. The van der Waals surface area contributed by atoms with Crippen molar-refractivity contribution in [3.63, 3.8) is 0 Å². The van der Waals surface area contributed by atoms with Crippen molar-refractivity contribution in [1.29, 1.82) is 5.26 Å². The maximum Gasteiger partial charge on any atom is 0.413 e. The zero-order chi connectivity index (χ0) is 30.7. The summed E-state index contributed by atoms with van der Waals surface area (Å²) in [5.74, 6) is 0. The van der Waals surface area contributed by atoms with Crippen molar-refractivity contribution in [2.24, 2.45) is 12.5 Å². The molecule has 0 spiro atoms. The number of para-hydroxylation sites is 1. The first kappa shape index (κ1) is 28.9. The summed E-state index contributed by atoms with van der Waals surface area (Å²) < 4.78 is 43.8. The van der Waals surface area contributed by atoms with Crippen LogP contribution in [-0.4, -0.2) is 37.8 Å². The molecule has 1 aliphatic carbocycles. The van der Waals surface area contributed by atoms with Gasteiger partial charge in [-0.15, -0.1) is 5.53 Å². The van der Waals surface area contributed by atoms with Crippen LogP contribution in [-0.2, 0) is 7.05 Å². The molecule has 4 N–H and O–H groups in total. The van der Waals surface area contributed by atoms with Gasteiger partial charge >= 0.3 is 6.18 Å². The summed E-state index contributed by atoms with van der Waals surface area (Å²) in [5.41, 5.74) is 8.58. The van der Waals surface area contributed by atoms with Gasteiger partial charge in [0, 0.05) is 42.6 Å². The Kier molecular flexibility index (Phi) is 6.86. The first-order valence-corrected chi connectivity index (χ1v) is 14.2. The summed E-state index contributed by atoms with van der Waals surface area (Å²) in [6.45, 7) is 6.85. The number of benzene rings is 2. The number of rotatable bonds is 7. The number of imidazole rings is 1. The highest BCUT2D eigenvalue weighted by atomic mass is 35.5. The number of anilines is 2. The van der Waals surface area contributed by atoms with E-state index in [0.29, 0.717) is 50.6 Å². The van der Waals surface area contributed by atoms with E-state index < -0.39 is 17.8 Å². The SMILES string of the molecule is Cn1cnc2c([C@H](Nc3cc(Cl)c4ncc(C#N)c(NCC(C)(C)C)c4c3)C3=CN(C4(C(F)(F)F)CC4)NN3)cccc21. The Morgan fingerprint density at radius 1 is 1.16 bits per heavy atom. The number of aromatic nitrogens is 3. The fourth-order valence-corrected chi connectivity index (χ4v) is 5.63. The highest BCUT2D eigenvalue weighted by Gasteiger charge is 2.67. The number of hydrazine groups is 2. The zero-order valence-corrected chi connectivity index (χ0v) is 24.8. The van der Waals surface area contributed by atoms with Crippen LogP contribution in [0.5, 0.6) is 0 Å². The van der Waals surface area contributed by atoms with Gasteiger partial charge in [-0.3, -0.25) is 9.99 Å². The van der Waals surface area contributed by atoms with Crippen LogP contribution in [0.3, 0.4) is 0 Å². The maximum atomic E-state index is 14.0. The topological polar surface area (TPSA) is 106 Å². The first-order chi connectivity index (χ1) is 20.3. The lowest BCUT2D eigenvalue weighted by atomic mass is 9.96. The largest absolute Gasteiger partial charge is 0.413 e. The molecule has 3 heterocycles. The van der Waals surface area contributed by atoms with E-state index in [1.54, 1.807) is 12.4 Å². The monoisotopic (exact) mass is 609 g/mol. The normalized spacial score (nSPS) is 17.0. The highest BCUT2D eigenvalue weighted by molar-refractivity contribution is 6.35. The summed E-state index contributed by atoms with van der Waals surface area (Å²) in [6, 6.07) is 10.8. The lowest BCUT2D eigenvalue weighted by Crippen LogP contribution is -2.52. The van der Waals surface area contributed by atoms with E-state index in [1.165, 1.54) is 12.4 Å². The quantitative estimate of drug-likeness (QED) is 0.188. The lowest BCUT2D eigenvalue weighted by molar-refractivity contribution is -0.195. The Labute approximate surface area is 251 Å².